The zero-order valence-electron chi connectivity index (χ0n) is 18.8. The largest absolute Gasteiger partial charge is 0.493 e. The summed E-state index contributed by atoms with van der Waals surface area (Å²) in [5, 5.41) is 5.18. The molecule has 4 aromatic rings. The fraction of sp³-hybridized carbons (Fsp3) is 0.200. The SMILES string of the molecule is CNc1ncc(C#Cc2cc(OCCCOc3cccc(Cl)n3)c(C)cn2)c2cc(N)ncc12. The molecule has 0 aliphatic heterocycles. The Kier molecular flexibility index (Phi) is 7.25. The lowest BCUT2D eigenvalue weighted by Gasteiger charge is -2.10. The van der Waals surface area contributed by atoms with Crippen LogP contribution in [0.15, 0.2) is 48.9 Å². The average molecular weight is 475 g/mol. The highest BCUT2D eigenvalue weighted by Crippen LogP contribution is 2.25. The molecule has 0 saturated carbocycles. The quantitative estimate of drug-likeness (QED) is 0.232. The van der Waals surface area contributed by atoms with E-state index in [-0.39, 0.29) is 0 Å². The van der Waals surface area contributed by atoms with E-state index in [1.807, 2.05) is 20.0 Å². The van der Waals surface area contributed by atoms with Crippen molar-refractivity contribution in [1.29, 1.82) is 0 Å². The van der Waals surface area contributed by atoms with Gasteiger partial charge in [0.2, 0.25) is 5.88 Å². The smallest absolute Gasteiger partial charge is 0.214 e. The number of rotatable bonds is 7. The molecule has 0 aromatic carbocycles. The molecule has 9 heteroatoms. The first-order valence-electron chi connectivity index (χ1n) is 10.6. The number of hydrogen-bond acceptors (Lipinski definition) is 8. The highest BCUT2D eigenvalue weighted by molar-refractivity contribution is 6.29. The number of nitrogens with zero attached hydrogens (tertiary/aromatic N) is 4. The summed E-state index contributed by atoms with van der Waals surface area (Å²) in [7, 11) is 1.81. The second-order valence-corrected chi connectivity index (χ2v) is 7.75. The Hall–Kier alpha value is -4.09. The van der Waals surface area contributed by atoms with Crippen LogP contribution in [0.25, 0.3) is 10.8 Å². The number of aromatic nitrogens is 4. The number of nitrogens with two attached hydrogens (primary N) is 1. The summed E-state index contributed by atoms with van der Waals surface area (Å²) < 4.78 is 11.5. The minimum Gasteiger partial charge on any atom is -0.493 e. The van der Waals surface area contributed by atoms with Gasteiger partial charge < -0.3 is 20.5 Å². The molecule has 0 bridgehead atoms. The molecule has 0 atom stereocenters. The van der Waals surface area contributed by atoms with Crippen molar-refractivity contribution in [1.82, 2.24) is 19.9 Å². The third-order valence-corrected chi connectivity index (χ3v) is 5.11. The van der Waals surface area contributed by atoms with Crippen molar-refractivity contribution in [2.24, 2.45) is 0 Å². The monoisotopic (exact) mass is 474 g/mol. The van der Waals surface area contributed by atoms with Gasteiger partial charge in [0.15, 0.2) is 0 Å². The van der Waals surface area contributed by atoms with Crippen LogP contribution in [0.1, 0.15) is 23.2 Å². The summed E-state index contributed by atoms with van der Waals surface area (Å²) in [6.07, 6.45) is 5.83. The summed E-state index contributed by atoms with van der Waals surface area (Å²) in [4.78, 5) is 17.1. The molecule has 3 N–H and O–H groups in total. The van der Waals surface area contributed by atoms with Crippen LogP contribution in [-0.2, 0) is 0 Å². The van der Waals surface area contributed by atoms with E-state index < -0.39 is 0 Å². The minimum atomic E-state index is 0.400. The van der Waals surface area contributed by atoms with E-state index in [2.05, 4.69) is 37.1 Å². The zero-order chi connectivity index (χ0) is 23.9. The molecule has 0 fully saturated rings. The maximum atomic E-state index is 5.93. The Morgan fingerprint density at radius 1 is 1.00 bits per heavy atom. The van der Waals surface area contributed by atoms with Crippen LogP contribution in [-0.4, -0.2) is 40.2 Å². The Labute approximate surface area is 202 Å². The molecule has 0 unspecified atom stereocenters. The maximum absolute atomic E-state index is 5.93. The van der Waals surface area contributed by atoms with Crippen molar-refractivity contribution in [3.63, 3.8) is 0 Å². The van der Waals surface area contributed by atoms with Gasteiger partial charge in [0, 0.05) is 60.5 Å². The van der Waals surface area contributed by atoms with Crippen molar-refractivity contribution in [3.05, 3.63) is 70.9 Å². The Balaban J connectivity index is 1.44. The van der Waals surface area contributed by atoms with E-state index in [0.29, 0.717) is 48.0 Å². The number of nitrogens with one attached hydrogen (secondary N) is 1. The third kappa shape index (κ3) is 5.63. The molecule has 4 aromatic heterocycles. The molecule has 0 amide bonds. The lowest BCUT2D eigenvalue weighted by molar-refractivity contribution is 0.241. The van der Waals surface area contributed by atoms with Crippen molar-refractivity contribution in [2.75, 3.05) is 31.3 Å². The minimum absolute atomic E-state index is 0.400. The van der Waals surface area contributed by atoms with E-state index in [9.17, 15) is 0 Å². The number of aryl methyl sites for hydroxylation is 1. The topological polar surface area (TPSA) is 108 Å². The Morgan fingerprint density at radius 2 is 1.85 bits per heavy atom. The van der Waals surface area contributed by atoms with E-state index in [4.69, 9.17) is 26.8 Å². The zero-order valence-corrected chi connectivity index (χ0v) is 19.6. The number of hydrogen-bond donors (Lipinski definition) is 2. The summed E-state index contributed by atoms with van der Waals surface area (Å²) in [5.74, 6) is 8.60. The van der Waals surface area contributed by atoms with Crippen LogP contribution in [0.4, 0.5) is 11.6 Å². The van der Waals surface area contributed by atoms with Crippen LogP contribution in [0.2, 0.25) is 5.15 Å². The Morgan fingerprint density at radius 3 is 2.68 bits per heavy atom. The first kappa shape index (κ1) is 23.1. The summed E-state index contributed by atoms with van der Waals surface area (Å²) in [6, 6.07) is 8.88. The molecule has 4 rings (SSSR count). The van der Waals surface area contributed by atoms with E-state index in [1.54, 1.807) is 42.9 Å². The van der Waals surface area contributed by atoms with Gasteiger partial charge in [-0.2, -0.15) is 0 Å². The second kappa shape index (κ2) is 10.7. The number of pyridine rings is 4. The molecule has 0 aliphatic rings. The van der Waals surface area contributed by atoms with Crippen molar-refractivity contribution in [2.45, 2.75) is 13.3 Å². The summed E-state index contributed by atoms with van der Waals surface area (Å²) in [5.41, 5.74) is 8.14. The standard InChI is InChI=1S/C25H23ClN6O2/c1-16-13-29-18(11-21(16)33-9-4-10-34-24-6-3-5-22(26)32-24)8-7-17-14-31-25(28-2)20-15-30-23(27)12-19(17)20/h3,5-6,11-15H,4,9-10H2,1-2H3,(H2,27,30)(H,28,31). The first-order chi connectivity index (χ1) is 16.5. The summed E-state index contributed by atoms with van der Waals surface area (Å²) >= 11 is 5.86. The van der Waals surface area contributed by atoms with Crippen LogP contribution < -0.4 is 20.5 Å². The van der Waals surface area contributed by atoms with E-state index in [0.717, 1.165) is 27.6 Å². The second-order valence-electron chi connectivity index (χ2n) is 7.36. The molecule has 34 heavy (non-hydrogen) atoms. The number of ether oxygens (including phenoxy) is 2. The molecule has 0 saturated heterocycles. The molecule has 4 heterocycles. The van der Waals surface area contributed by atoms with Crippen LogP contribution in [0, 0.1) is 18.8 Å². The van der Waals surface area contributed by atoms with E-state index >= 15 is 0 Å². The molecular formula is C25H23ClN6O2. The van der Waals surface area contributed by atoms with Gasteiger partial charge in [-0.25, -0.2) is 19.9 Å². The fourth-order valence-electron chi connectivity index (χ4n) is 3.20. The van der Waals surface area contributed by atoms with Crippen LogP contribution >= 0.6 is 11.6 Å². The number of nitrogen functional groups attached to an aromatic ring is 1. The first-order valence-corrected chi connectivity index (χ1v) is 11.0. The van der Waals surface area contributed by atoms with Gasteiger partial charge in [-0.05, 0) is 25.0 Å². The van der Waals surface area contributed by atoms with E-state index in [1.165, 1.54) is 0 Å². The van der Waals surface area contributed by atoms with Gasteiger partial charge in [-0.3, -0.25) is 0 Å². The number of fused-ring (bicyclic) bond motifs is 1. The van der Waals surface area contributed by atoms with Gasteiger partial charge in [0.05, 0.1) is 18.8 Å². The van der Waals surface area contributed by atoms with Crippen molar-refractivity contribution in [3.8, 4) is 23.5 Å². The highest BCUT2D eigenvalue weighted by atomic mass is 35.5. The van der Waals surface area contributed by atoms with Gasteiger partial charge in [0.25, 0.3) is 0 Å². The molecule has 172 valence electrons. The van der Waals surface area contributed by atoms with Gasteiger partial charge >= 0.3 is 0 Å². The lowest BCUT2D eigenvalue weighted by Crippen LogP contribution is -2.06. The average Bonchev–Trinajstić information content (AvgIpc) is 2.83. The normalized spacial score (nSPS) is 10.4. The Bertz CT molecular complexity index is 1380. The fourth-order valence-corrected chi connectivity index (χ4v) is 3.35. The predicted octanol–water partition coefficient (Wildman–Crippen LogP) is 4.25. The van der Waals surface area contributed by atoms with Crippen molar-refractivity contribution >= 4 is 34.0 Å². The molecule has 0 spiro atoms. The summed E-state index contributed by atoms with van der Waals surface area (Å²) in [6.45, 7) is 2.88. The molecule has 0 radical (unpaired) electrons. The predicted molar refractivity (Wildman–Crippen MR) is 133 cm³/mol. The lowest BCUT2D eigenvalue weighted by atomic mass is 10.1. The van der Waals surface area contributed by atoms with Crippen LogP contribution in [0.5, 0.6) is 11.6 Å². The van der Waals surface area contributed by atoms with Crippen LogP contribution in [0.3, 0.4) is 0 Å². The number of anilines is 2. The highest BCUT2D eigenvalue weighted by Gasteiger charge is 2.07. The molecule has 8 nitrogen and oxygen atoms in total. The van der Waals surface area contributed by atoms with Crippen molar-refractivity contribution < 1.29 is 9.47 Å². The number of halogens is 1. The third-order valence-electron chi connectivity index (χ3n) is 4.89. The maximum Gasteiger partial charge on any atom is 0.214 e. The van der Waals surface area contributed by atoms with Gasteiger partial charge in [0.1, 0.15) is 28.2 Å². The molecule has 0 aliphatic carbocycles. The van der Waals surface area contributed by atoms with Gasteiger partial charge in [-0.15, -0.1) is 0 Å². The molecular weight excluding hydrogens is 452 g/mol. The van der Waals surface area contributed by atoms with Gasteiger partial charge in [-0.1, -0.05) is 23.6 Å².